The van der Waals surface area contributed by atoms with Crippen molar-refractivity contribution in [3.8, 4) is 0 Å². The van der Waals surface area contributed by atoms with Crippen LogP contribution in [0.2, 0.25) is 0 Å². The predicted molar refractivity (Wildman–Crippen MR) is 86.2 cm³/mol. The molecule has 8 heteroatoms. The van der Waals surface area contributed by atoms with Gasteiger partial charge >= 0.3 is 11.9 Å². The molecule has 0 amide bonds. The lowest BCUT2D eigenvalue weighted by Crippen LogP contribution is -2.23. The molecule has 0 saturated heterocycles. The topological polar surface area (TPSA) is 96.2 Å². The lowest BCUT2D eigenvalue weighted by molar-refractivity contribution is -0.148. The second kappa shape index (κ2) is 8.37. The zero-order chi connectivity index (χ0) is 17.5. The molecule has 24 heavy (non-hydrogen) atoms. The minimum atomic E-state index is -0.682. The van der Waals surface area contributed by atoms with E-state index in [1.807, 2.05) is 6.92 Å². The lowest BCUT2D eigenvalue weighted by Gasteiger charge is -2.17. The molecule has 130 valence electrons. The number of hydrogen-bond donors (Lipinski definition) is 0. The van der Waals surface area contributed by atoms with E-state index < -0.39 is 12.0 Å². The number of aryl methyl sites for hydroxylation is 1. The Morgan fingerprint density at radius 3 is 2.58 bits per heavy atom. The van der Waals surface area contributed by atoms with Gasteiger partial charge in [0.25, 0.3) is 0 Å². The van der Waals surface area contributed by atoms with E-state index in [9.17, 15) is 9.59 Å². The summed E-state index contributed by atoms with van der Waals surface area (Å²) in [5, 5.41) is 0. The number of fused-ring (bicyclic) bond motifs is 1. The molecule has 0 saturated carbocycles. The number of carbonyl (C=O) groups excluding carboxylic acids is 2. The summed E-state index contributed by atoms with van der Waals surface area (Å²) >= 11 is 0. The fourth-order valence-electron chi connectivity index (χ4n) is 2.36. The molecular formula is C16H22N4O4. The first-order valence-corrected chi connectivity index (χ1v) is 8.11. The molecule has 0 aromatic carbocycles. The second-order valence-electron chi connectivity index (χ2n) is 5.11. The number of ether oxygens (including phenoxy) is 2. The zero-order valence-electron chi connectivity index (χ0n) is 14.2. The highest BCUT2D eigenvalue weighted by atomic mass is 16.5. The third-order valence-electron chi connectivity index (χ3n) is 3.50. The largest absolute Gasteiger partial charge is 0.466 e. The number of rotatable bonds is 8. The fourth-order valence-corrected chi connectivity index (χ4v) is 2.36. The van der Waals surface area contributed by atoms with Gasteiger partial charge in [0.2, 0.25) is 0 Å². The molecule has 0 aliphatic heterocycles. The lowest BCUT2D eigenvalue weighted by atomic mass is 10.1. The van der Waals surface area contributed by atoms with Gasteiger partial charge in [-0.2, -0.15) is 0 Å². The highest BCUT2D eigenvalue weighted by Crippen LogP contribution is 2.21. The van der Waals surface area contributed by atoms with Crippen LogP contribution in [-0.2, 0) is 25.5 Å². The number of imidazole rings is 1. The van der Waals surface area contributed by atoms with Gasteiger partial charge in [-0.1, -0.05) is 6.92 Å². The average molecular weight is 334 g/mol. The standard InChI is InChI=1S/C16H22N4O4/c1-4-13-17-9-11-15(19-13)20(10-18-11)12(16(22)24-6-3)7-8-14(21)23-5-2/h9-10,12H,4-8H2,1-3H3. The van der Waals surface area contributed by atoms with E-state index in [2.05, 4.69) is 15.0 Å². The van der Waals surface area contributed by atoms with Gasteiger partial charge in [-0.15, -0.1) is 0 Å². The SMILES string of the molecule is CCOC(=O)CCC(C(=O)OCC)n1cnc2cnc(CC)nc21. The van der Waals surface area contributed by atoms with Crippen molar-refractivity contribution in [1.82, 2.24) is 19.5 Å². The fraction of sp³-hybridized carbons (Fsp3) is 0.562. The molecule has 2 heterocycles. The highest BCUT2D eigenvalue weighted by Gasteiger charge is 2.25. The maximum atomic E-state index is 12.3. The van der Waals surface area contributed by atoms with Gasteiger partial charge in [-0.3, -0.25) is 4.79 Å². The van der Waals surface area contributed by atoms with Crippen LogP contribution in [0.3, 0.4) is 0 Å². The molecule has 1 atom stereocenters. The Morgan fingerprint density at radius 2 is 1.92 bits per heavy atom. The van der Waals surface area contributed by atoms with Crippen LogP contribution in [0.1, 0.15) is 45.5 Å². The van der Waals surface area contributed by atoms with Crippen molar-refractivity contribution in [2.24, 2.45) is 0 Å². The van der Waals surface area contributed by atoms with E-state index >= 15 is 0 Å². The third-order valence-corrected chi connectivity index (χ3v) is 3.50. The van der Waals surface area contributed by atoms with Gasteiger partial charge in [0.15, 0.2) is 5.65 Å². The molecule has 8 nitrogen and oxygen atoms in total. The minimum Gasteiger partial charge on any atom is -0.466 e. The molecule has 0 radical (unpaired) electrons. The summed E-state index contributed by atoms with van der Waals surface area (Å²) < 4.78 is 11.7. The molecule has 2 rings (SSSR count). The molecule has 1 unspecified atom stereocenters. The molecule has 0 N–H and O–H groups in total. The van der Waals surface area contributed by atoms with Gasteiger partial charge in [0.05, 0.1) is 25.7 Å². The van der Waals surface area contributed by atoms with Crippen molar-refractivity contribution in [1.29, 1.82) is 0 Å². The summed E-state index contributed by atoms with van der Waals surface area (Å²) in [6.45, 7) is 6.00. The van der Waals surface area contributed by atoms with Gasteiger partial charge in [-0.25, -0.2) is 19.7 Å². The van der Waals surface area contributed by atoms with Crippen LogP contribution in [0.25, 0.3) is 11.2 Å². The Balaban J connectivity index is 2.32. The maximum Gasteiger partial charge on any atom is 0.329 e. The number of hydrogen-bond acceptors (Lipinski definition) is 7. The van der Waals surface area contributed by atoms with Crippen molar-refractivity contribution in [2.45, 2.75) is 46.1 Å². The van der Waals surface area contributed by atoms with E-state index in [0.717, 1.165) is 0 Å². The van der Waals surface area contributed by atoms with Crippen molar-refractivity contribution in [3.05, 3.63) is 18.3 Å². The summed E-state index contributed by atoms with van der Waals surface area (Å²) in [6, 6.07) is -0.682. The summed E-state index contributed by atoms with van der Waals surface area (Å²) in [7, 11) is 0. The van der Waals surface area contributed by atoms with Crippen LogP contribution < -0.4 is 0 Å². The summed E-state index contributed by atoms with van der Waals surface area (Å²) in [5.41, 5.74) is 1.15. The first-order valence-electron chi connectivity index (χ1n) is 8.11. The summed E-state index contributed by atoms with van der Waals surface area (Å²) in [6.07, 6.45) is 4.21. The number of aromatic nitrogens is 4. The van der Waals surface area contributed by atoms with Crippen LogP contribution >= 0.6 is 0 Å². The third kappa shape index (κ3) is 4.06. The van der Waals surface area contributed by atoms with E-state index in [0.29, 0.717) is 30.0 Å². The Bertz CT molecular complexity index is 713. The van der Waals surface area contributed by atoms with Gasteiger partial charge in [0.1, 0.15) is 17.4 Å². The van der Waals surface area contributed by atoms with Crippen LogP contribution in [-0.4, -0.2) is 44.7 Å². The first-order chi connectivity index (χ1) is 11.6. The molecule has 0 spiro atoms. The highest BCUT2D eigenvalue weighted by molar-refractivity contribution is 5.79. The van der Waals surface area contributed by atoms with Gasteiger partial charge in [-0.05, 0) is 20.3 Å². The van der Waals surface area contributed by atoms with Crippen LogP contribution in [0.15, 0.2) is 12.5 Å². The van der Waals surface area contributed by atoms with Gasteiger partial charge in [0, 0.05) is 12.8 Å². The van der Waals surface area contributed by atoms with Crippen molar-refractivity contribution < 1.29 is 19.1 Å². The maximum absolute atomic E-state index is 12.3. The van der Waals surface area contributed by atoms with Crippen molar-refractivity contribution in [3.63, 3.8) is 0 Å². The first kappa shape index (κ1) is 17.8. The predicted octanol–water partition coefficient (Wildman–Crippen LogP) is 1.84. The number of esters is 2. The number of nitrogens with zero attached hydrogens (tertiary/aromatic N) is 4. The van der Waals surface area contributed by atoms with Crippen molar-refractivity contribution >= 4 is 23.1 Å². The van der Waals surface area contributed by atoms with E-state index in [4.69, 9.17) is 9.47 Å². The molecule has 2 aromatic rings. The summed E-state index contributed by atoms with van der Waals surface area (Å²) in [4.78, 5) is 36.9. The smallest absolute Gasteiger partial charge is 0.329 e. The Morgan fingerprint density at radius 1 is 1.17 bits per heavy atom. The normalized spacial score (nSPS) is 12.1. The Kier molecular flexibility index (Phi) is 6.22. The van der Waals surface area contributed by atoms with Crippen LogP contribution in [0, 0.1) is 0 Å². The quantitative estimate of drug-likeness (QED) is 0.679. The molecule has 0 aliphatic rings. The van der Waals surface area contributed by atoms with Crippen LogP contribution in [0.4, 0.5) is 0 Å². The van der Waals surface area contributed by atoms with E-state index in [1.54, 1.807) is 24.6 Å². The molecular weight excluding hydrogens is 312 g/mol. The minimum absolute atomic E-state index is 0.114. The van der Waals surface area contributed by atoms with Gasteiger partial charge < -0.3 is 14.0 Å². The summed E-state index contributed by atoms with van der Waals surface area (Å²) in [5.74, 6) is -0.102. The molecule has 0 bridgehead atoms. The van der Waals surface area contributed by atoms with Crippen molar-refractivity contribution in [2.75, 3.05) is 13.2 Å². The molecule has 0 aliphatic carbocycles. The zero-order valence-corrected chi connectivity index (χ0v) is 14.2. The Labute approximate surface area is 140 Å². The average Bonchev–Trinajstić information content (AvgIpc) is 2.98. The van der Waals surface area contributed by atoms with E-state index in [-0.39, 0.29) is 25.4 Å². The molecule has 2 aromatic heterocycles. The number of carbonyl (C=O) groups is 2. The van der Waals surface area contributed by atoms with E-state index in [1.165, 1.54) is 6.33 Å². The second-order valence-corrected chi connectivity index (χ2v) is 5.11. The van der Waals surface area contributed by atoms with Crippen LogP contribution in [0.5, 0.6) is 0 Å². The Hall–Kier alpha value is -2.51. The monoisotopic (exact) mass is 334 g/mol. The molecule has 0 fully saturated rings.